The number of methoxy groups -OCH3 is 1. The van der Waals surface area contributed by atoms with E-state index in [-0.39, 0.29) is 17.9 Å². The van der Waals surface area contributed by atoms with E-state index < -0.39 is 22.7 Å². The lowest BCUT2D eigenvalue weighted by Crippen LogP contribution is -2.28. The lowest BCUT2D eigenvalue weighted by molar-refractivity contribution is 0.0944. The molecule has 0 unspecified atom stereocenters. The summed E-state index contributed by atoms with van der Waals surface area (Å²) < 4.78 is 15.2. The van der Waals surface area contributed by atoms with Gasteiger partial charge in [0.2, 0.25) is 5.43 Å². The van der Waals surface area contributed by atoms with Crippen molar-refractivity contribution in [3.05, 3.63) is 68.6 Å². The molecular formula is C17H13NO7. The number of amides is 1. The molecule has 0 aliphatic rings. The average Bonchev–Trinajstić information content (AvgIpc) is 2.61. The zero-order valence-corrected chi connectivity index (χ0v) is 13.1. The number of hydrogen-bond acceptors (Lipinski definition) is 7. The fourth-order valence-electron chi connectivity index (χ4n) is 2.18. The molecule has 8 heteroatoms. The Morgan fingerprint density at radius 1 is 1.24 bits per heavy atom. The van der Waals surface area contributed by atoms with Gasteiger partial charge in [-0.3, -0.25) is 9.59 Å². The van der Waals surface area contributed by atoms with Crippen LogP contribution in [0, 0.1) is 0 Å². The van der Waals surface area contributed by atoms with Crippen molar-refractivity contribution in [3.63, 3.8) is 0 Å². The van der Waals surface area contributed by atoms with Crippen molar-refractivity contribution in [3.8, 4) is 11.5 Å². The van der Waals surface area contributed by atoms with Gasteiger partial charge in [0.05, 0.1) is 13.7 Å². The normalized spacial score (nSPS) is 10.6. The number of nitrogens with one attached hydrogen (secondary N) is 1. The maximum Gasteiger partial charge on any atom is 0.349 e. The van der Waals surface area contributed by atoms with Crippen LogP contribution in [-0.2, 0) is 6.54 Å². The molecule has 0 fully saturated rings. The minimum Gasteiger partial charge on any atom is -0.502 e. The largest absolute Gasteiger partial charge is 0.502 e. The molecule has 8 nitrogen and oxygen atoms in total. The van der Waals surface area contributed by atoms with Crippen LogP contribution < -0.4 is 21.1 Å². The van der Waals surface area contributed by atoms with Crippen molar-refractivity contribution in [2.45, 2.75) is 6.54 Å². The van der Waals surface area contributed by atoms with Crippen molar-refractivity contribution in [2.75, 3.05) is 7.11 Å². The number of rotatable bonds is 4. The standard InChI is InChI=1S/C17H13NO7/c1-23-10-3-2-9-4-12(17(22)25-15(9)6-10)16(21)18-7-11-5-13(19)14(20)8-24-11/h2-6,8,20H,7H2,1H3,(H,18,21). The Morgan fingerprint density at radius 2 is 2.04 bits per heavy atom. The second-order valence-electron chi connectivity index (χ2n) is 5.13. The van der Waals surface area contributed by atoms with E-state index in [0.29, 0.717) is 16.7 Å². The maximum absolute atomic E-state index is 12.2. The van der Waals surface area contributed by atoms with E-state index >= 15 is 0 Å². The van der Waals surface area contributed by atoms with Crippen molar-refractivity contribution >= 4 is 16.9 Å². The molecule has 0 aliphatic heterocycles. The topological polar surface area (TPSA) is 119 Å². The number of benzene rings is 1. The van der Waals surface area contributed by atoms with Crippen LogP contribution in [0.1, 0.15) is 16.1 Å². The minimum atomic E-state index is -0.801. The van der Waals surface area contributed by atoms with E-state index in [0.717, 1.165) is 12.3 Å². The van der Waals surface area contributed by atoms with E-state index in [1.54, 1.807) is 18.2 Å². The first-order valence-electron chi connectivity index (χ1n) is 7.18. The molecule has 0 saturated heterocycles. The predicted molar refractivity (Wildman–Crippen MR) is 86.8 cm³/mol. The summed E-state index contributed by atoms with van der Waals surface area (Å²) in [5.74, 6) is -0.552. The molecule has 3 aromatic rings. The third kappa shape index (κ3) is 3.37. The lowest BCUT2D eigenvalue weighted by atomic mass is 10.1. The second-order valence-corrected chi connectivity index (χ2v) is 5.13. The van der Waals surface area contributed by atoms with Gasteiger partial charge in [-0.05, 0) is 18.2 Å². The van der Waals surface area contributed by atoms with Gasteiger partial charge in [-0.25, -0.2) is 4.79 Å². The van der Waals surface area contributed by atoms with Crippen molar-refractivity contribution in [1.29, 1.82) is 0 Å². The first kappa shape index (κ1) is 16.3. The number of hydrogen-bond donors (Lipinski definition) is 2. The van der Waals surface area contributed by atoms with Crippen LogP contribution in [0.4, 0.5) is 0 Å². The van der Waals surface area contributed by atoms with E-state index in [1.807, 2.05) is 0 Å². The zero-order chi connectivity index (χ0) is 18.0. The van der Waals surface area contributed by atoms with Gasteiger partial charge in [-0.1, -0.05) is 0 Å². The van der Waals surface area contributed by atoms with Crippen LogP contribution in [0.5, 0.6) is 11.5 Å². The van der Waals surface area contributed by atoms with E-state index in [9.17, 15) is 14.4 Å². The molecule has 128 valence electrons. The molecular weight excluding hydrogens is 330 g/mol. The SMILES string of the molecule is COc1ccc2cc(C(=O)NCc3cc(=O)c(O)co3)c(=O)oc2c1. The monoisotopic (exact) mass is 343 g/mol. The molecule has 3 rings (SSSR count). The van der Waals surface area contributed by atoms with Crippen molar-refractivity contribution < 1.29 is 23.5 Å². The van der Waals surface area contributed by atoms with Crippen LogP contribution in [0.25, 0.3) is 11.0 Å². The Labute approximate surface area is 140 Å². The summed E-state index contributed by atoms with van der Waals surface area (Å²) in [6.07, 6.45) is 0.877. The highest BCUT2D eigenvalue weighted by molar-refractivity contribution is 5.96. The number of carbonyl (C=O) groups is 1. The quantitative estimate of drug-likeness (QED) is 0.687. The third-order valence-electron chi connectivity index (χ3n) is 3.48. The van der Waals surface area contributed by atoms with Gasteiger partial charge in [0.1, 0.15) is 28.9 Å². The summed E-state index contributed by atoms with van der Waals surface area (Å²) in [5, 5.41) is 12.1. The molecule has 0 spiro atoms. The fourth-order valence-corrected chi connectivity index (χ4v) is 2.18. The number of carbonyl (C=O) groups excluding carboxylic acids is 1. The van der Waals surface area contributed by atoms with Crippen molar-refractivity contribution in [2.24, 2.45) is 0 Å². The predicted octanol–water partition coefficient (Wildman–Crippen LogP) is 1.39. The van der Waals surface area contributed by atoms with E-state index in [2.05, 4.69) is 5.32 Å². The molecule has 2 heterocycles. The molecule has 2 N–H and O–H groups in total. The van der Waals surface area contributed by atoms with Crippen LogP contribution >= 0.6 is 0 Å². The molecule has 1 aromatic carbocycles. The Bertz CT molecular complexity index is 1060. The molecule has 0 aliphatic carbocycles. The lowest BCUT2D eigenvalue weighted by Gasteiger charge is -2.06. The van der Waals surface area contributed by atoms with Gasteiger partial charge in [0.15, 0.2) is 5.75 Å². The summed E-state index contributed by atoms with van der Waals surface area (Å²) in [6.45, 7) is -0.131. The smallest absolute Gasteiger partial charge is 0.349 e. The summed E-state index contributed by atoms with van der Waals surface area (Å²) in [4.78, 5) is 35.5. The number of ether oxygens (including phenoxy) is 1. The summed E-state index contributed by atoms with van der Waals surface area (Å²) in [7, 11) is 1.49. The summed E-state index contributed by atoms with van der Waals surface area (Å²) in [6, 6.07) is 7.33. The summed E-state index contributed by atoms with van der Waals surface area (Å²) >= 11 is 0. The highest BCUT2D eigenvalue weighted by Gasteiger charge is 2.14. The highest BCUT2D eigenvalue weighted by atomic mass is 16.5. The first-order valence-corrected chi connectivity index (χ1v) is 7.18. The van der Waals surface area contributed by atoms with Gasteiger partial charge < -0.3 is 24.0 Å². The number of aromatic hydroxyl groups is 1. The highest BCUT2D eigenvalue weighted by Crippen LogP contribution is 2.20. The second kappa shape index (κ2) is 6.52. The third-order valence-corrected chi connectivity index (χ3v) is 3.48. The Hall–Kier alpha value is -3.55. The van der Waals surface area contributed by atoms with Gasteiger partial charge >= 0.3 is 5.63 Å². The molecule has 25 heavy (non-hydrogen) atoms. The number of fused-ring (bicyclic) bond motifs is 1. The van der Waals surface area contributed by atoms with Crippen LogP contribution in [-0.4, -0.2) is 18.1 Å². The first-order chi connectivity index (χ1) is 12.0. The Morgan fingerprint density at radius 3 is 2.76 bits per heavy atom. The summed E-state index contributed by atoms with van der Waals surface area (Å²) in [5.41, 5.74) is -1.32. The molecule has 2 aromatic heterocycles. The van der Waals surface area contributed by atoms with Crippen molar-refractivity contribution in [1.82, 2.24) is 5.32 Å². The molecule has 0 bridgehead atoms. The maximum atomic E-state index is 12.2. The minimum absolute atomic E-state index is 0.131. The van der Waals surface area contributed by atoms with E-state index in [4.69, 9.17) is 18.7 Å². The van der Waals surface area contributed by atoms with Gasteiger partial charge in [-0.2, -0.15) is 0 Å². The van der Waals surface area contributed by atoms with Gasteiger partial charge in [-0.15, -0.1) is 0 Å². The van der Waals surface area contributed by atoms with Gasteiger partial charge in [0.25, 0.3) is 5.91 Å². The Balaban J connectivity index is 1.84. The van der Waals surface area contributed by atoms with Crippen LogP contribution in [0.3, 0.4) is 0 Å². The molecule has 0 saturated carbocycles. The molecule has 0 radical (unpaired) electrons. The van der Waals surface area contributed by atoms with Gasteiger partial charge in [0, 0.05) is 17.5 Å². The van der Waals surface area contributed by atoms with Crippen LogP contribution in [0.15, 0.2) is 55.0 Å². The average molecular weight is 343 g/mol. The zero-order valence-electron chi connectivity index (χ0n) is 13.1. The molecule has 1 amide bonds. The molecule has 0 atom stereocenters. The van der Waals surface area contributed by atoms with E-state index in [1.165, 1.54) is 13.2 Å². The fraction of sp³-hybridized carbons (Fsp3) is 0.118. The Kier molecular flexibility index (Phi) is 4.25. The van der Waals surface area contributed by atoms with Crippen LogP contribution in [0.2, 0.25) is 0 Å².